The fourth-order valence-electron chi connectivity index (χ4n) is 1.17. The molecule has 1 aliphatic carbocycles. The van der Waals surface area contributed by atoms with E-state index in [0.29, 0.717) is 0 Å². The lowest BCUT2D eigenvalue weighted by atomic mass is 10.3. The van der Waals surface area contributed by atoms with E-state index in [4.69, 9.17) is 0 Å². The zero-order valence-corrected chi connectivity index (χ0v) is 6.75. The predicted molar refractivity (Wildman–Crippen MR) is 43.4 cm³/mol. The van der Waals surface area contributed by atoms with Gasteiger partial charge in [0.25, 0.3) is 0 Å². The molecular weight excluding hydrogens is 136 g/mol. The number of aromatic nitrogens is 2. The van der Waals surface area contributed by atoms with E-state index < -0.39 is 0 Å². The van der Waals surface area contributed by atoms with Crippen LogP contribution in [-0.2, 0) is 6.42 Å². The van der Waals surface area contributed by atoms with Crippen molar-refractivity contribution in [1.82, 2.24) is 9.97 Å². The van der Waals surface area contributed by atoms with Gasteiger partial charge < -0.3 is 0 Å². The highest BCUT2D eigenvalue weighted by Gasteiger charge is 2.25. The first-order chi connectivity index (χ1) is 5.40. The lowest BCUT2D eigenvalue weighted by Gasteiger charge is -1.98. The Morgan fingerprint density at radius 2 is 2.27 bits per heavy atom. The van der Waals surface area contributed by atoms with Gasteiger partial charge in [0.05, 0.1) is 11.4 Å². The zero-order chi connectivity index (χ0) is 7.68. The lowest BCUT2D eigenvalue weighted by molar-refractivity contribution is 0.914. The van der Waals surface area contributed by atoms with Crippen molar-refractivity contribution in [3.63, 3.8) is 0 Å². The van der Waals surface area contributed by atoms with Crippen molar-refractivity contribution in [2.24, 2.45) is 0 Å². The first-order valence-electron chi connectivity index (χ1n) is 4.21. The Balaban J connectivity index is 2.26. The van der Waals surface area contributed by atoms with Gasteiger partial charge in [-0.1, -0.05) is 6.92 Å². The summed E-state index contributed by atoms with van der Waals surface area (Å²) >= 11 is 0. The van der Waals surface area contributed by atoms with Crippen LogP contribution in [-0.4, -0.2) is 9.97 Å². The highest BCUT2D eigenvalue weighted by atomic mass is 14.8. The molecule has 0 bridgehead atoms. The molecule has 0 spiro atoms. The molecule has 1 saturated carbocycles. The van der Waals surface area contributed by atoms with Crippen molar-refractivity contribution >= 4 is 0 Å². The smallest absolute Gasteiger partial charge is 0.0620 e. The number of hydrogen-bond acceptors (Lipinski definition) is 2. The molecule has 0 saturated heterocycles. The Morgan fingerprint density at radius 3 is 2.91 bits per heavy atom. The van der Waals surface area contributed by atoms with Crippen LogP contribution in [0.15, 0.2) is 12.4 Å². The summed E-state index contributed by atoms with van der Waals surface area (Å²) in [5, 5.41) is 0. The molecule has 1 aromatic heterocycles. The Hall–Kier alpha value is -0.920. The van der Waals surface area contributed by atoms with Gasteiger partial charge >= 0.3 is 0 Å². The summed E-state index contributed by atoms with van der Waals surface area (Å²) in [6.45, 7) is 2.11. The normalized spacial score (nSPS) is 16.8. The van der Waals surface area contributed by atoms with E-state index in [1.54, 1.807) is 0 Å². The van der Waals surface area contributed by atoms with Crippen LogP contribution in [0, 0.1) is 0 Å². The van der Waals surface area contributed by atoms with Crippen LogP contribution in [0.25, 0.3) is 0 Å². The number of hydrogen-bond donors (Lipinski definition) is 0. The third-order valence-electron chi connectivity index (χ3n) is 2.06. The summed E-state index contributed by atoms with van der Waals surface area (Å²) in [7, 11) is 0. The van der Waals surface area contributed by atoms with Crippen LogP contribution in [0.3, 0.4) is 0 Å². The highest BCUT2D eigenvalue weighted by Crippen LogP contribution is 2.38. The van der Waals surface area contributed by atoms with Crippen molar-refractivity contribution in [2.45, 2.75) is 32.1 Å². The summed E-state index contributed by atoms with van der Waals surface area (Å²) in [5.74, 6) is 0.731. The number of rotatable bonds is 2. The molecule has 58 valence electrons. The van der Waals surface area contributed by atoms with E-state index in [9.17, 15) is 0 Å². The molecule has 0 amide bonds. The molecule has 2 rings (SSSR count). The molecule has 11 heavy (non-hydrogen) atoms. The Kier molecular flexibility index (Phi) is 1.60. The van der Waals surface area contributed by atoms with Crippen LogP contribution in [0.5, 0.6) is 0 Å². The largest absolute Gasteiger partial charge is 0.261 e. The van der Waals surface area contributed by atoms with E-state index in [0.717, 1.165) is 18.0 Å². The molecule has 0 atom stereocenters. The predicted octanol–water partition coefficient (Wildman–Crippen LogP) is 1.92. The third-order valence-corrected chi connectivity index (χ3v) is 2.06. The Morgan fingerprint density at radius 1 is 1.45 bits per heavy atom. The van der Waals surface area contributed by atoms with Crippen molar-refractivity contribution in [3.8, 4) is 0 Å². The van der Waals surface area contributed by atoms with Gasteiger partial charge in [-0.2, -0.15) is 0 Å². The van der Waals surface area contributed by atoms with Gasteiger partial charge in [0, 0.05) is 18.3 Å². The Bertz CT molecular complexity index is 253. The lowest BCUT2D eigenvalue weighted by Crippen LogP contribution is -1.93. The second-order valence-electron chi connectivity index (χ2n) is 3.06. The first kappa shape index (κ1) is 6.77. The average Bonchev–Trinajstić information content (AvgIpc) is 2.87. The second-order valence-corrected chi connectivity index (χ2v) is 3.06. The fourth-order valence-corrected chi connectivity index (χ4v) is 1.17. The Labute approximate surface area is 66.7 Å². The maximum absolute atomic E-state index is 4.49. The SMILES string of the molecule is CCc1cncc(C2CC2)n1. The van der Waals surface area contributed by atoms with Crippen LogP contribution >= 0.6 is 0 Å². The summed E-state index contributed by atoms with van der Waals surface area (Å²) in [4.78, 5) is 8.64. The van der Waals surface area contributed by atoms with Crippen molar-refractivity contribution in [2.75, 3.05) is 0 Å². The van der Waals surface area contributed by atoms with Gasteiger partial charge in [-0.25, -0.2) is 0 Å². The minimum atomic E-state index is 0.731. The molecule has 1 fully saturated rings. The third kappa shape index (κ3) is 1.39. The van der Waals surface area contributed by atoms with E-state index in [-0.39, 0.29) is 0 Å². The summed E-state index contributed by atoms with van der Waals surface area (Å²) in [6, 6.07) is 0. The van der Waals surface area contributed by atoms with Gasteiger partial charge in [-0.05, 0) is 19.3 Å². The molecule has 1 aromatic rings. The number of nitrogens with zero attached hydrogens (tertiary/aromatic N) is 2. The maximum atomic E-state index is 4.49. The monoisotopic (exact) mass is 148 g/mol. The van der Waals surface area contributed by atoms with Gasteiger partial charge in [0.15, 0.2) is 0 Å². The van der Waals surface area contributed by atoms with E-state index in [1.165, 1.54) is 18.5 Å². The van der Waals surface area contributed by atoms with Gasteiger partial charge in [0.2, 0.25) is 0 Å². The number of aryl methyl sites for hydroxylation is 1. The summed E-state index contributed by atoms with van der Waals surface area (Å²) in [6.07, 6.45) is 7.36. The van der Waals surface area contributed by atoms with Crippen molar-refractivity contribution in [1.29, 1.82) is 0 Å². The first-order valence-corrected chi connectivity index (χ1v) is 4.21. The van der Waals surface area contributed by atoms with Crippen molar-refractivity contribution in [3.05, 3.63) is 23.8 Å². The second kappa shape index (κ2) is 2.61. The molecule has 0 radical (unpaired) electrons. The van der Waals surface area contributed by atoms with Crippen molar-refractivity contribution < 1.29 is 0 Å². The maximum Gasteiger partial charge on any atom is 0.0620 e. The fraction of sp³-hybridized carbons (Fsp3) is 0.556. The quantitative estimate of drug-likeness (QED) is 0.640. The van der Waals surface area contributed by atoms with E-state index >= 15 is 0 Å². The topological polar surface area (TPSA) is 25.8 Å². The molecule has 0 aromatic carbocycles. The molecule has 0 unspecified atom stereocenters. The minimum absolute atomic E-state index is 0.731. The standard InChI is InChI=1S/C9H12N2/c1-2-8-5-10-6-9(11-8)7-3-4-7/h5-7H,2-4H2,1H3. The molecule has 2 nitrogen and oxygen atoms in total. The van der Waals surface area contributed by atoms with Gasteiger partial charge in [-0.3, -0.25) is 9.97 Å². The van der Waals surface area contributed by atoms with Gasteiger partial charge in [0.1, 0.15) is 0 Å². The van der Waals surface area contributed by atoms with Crippen LogP contribution in [0.4, 0.5) is 0 Å². The summed E-state index contributed by atoms with van der Waals surface area (Å²) in [5.41, 5.74) is 2.32. The van der Waals surface area contributed by atoms with Crippen LogP contribution < -0.4 is 0 Å². The summed E-state index contributed by atoms with van der Waals surface area (Å²) < 4.78 is 0. The highest BCUT2D eigenvalue weighted by molar-refractivity contribution is 5.13. The molecule has 2 heteroatoms. The molecule has 1 aliphatic rings. The average molecular weight is 148 g/mol. The van der Waals surface area contributed by atoms with Crippen LogP contribution in [0.1, 0.15) is 37.1 Å². The molecule has 1 heterocycles. The van der Waals surface area contributed by atoms with Crippen LogP contribution in [0.2, 0.25) is 0 Å². The zero-order valence-electron chi connectivity index (χ0n) is 6.75. The van der Waals surface area contributed by atoms with Gasteiger partial charge in [-0.15, -0.1) is 0 Å². The van der Waals surface area contributed by atoms with E-state index in [2.05, 4.69) is 16.9 Å². The molecule has 0 aliphatic heterocycles. The molecular formula is C9H12N2. The van der Waals surface area contributed by atoms with E-state index in [1.807, 2.05) is 12.4 Å². The molecule has 0 N–H and O–H groups in total. The minimum Gasteiger partial charge on any atom is -0.261 e.